The summed E-state index contributed by atoms with van der Waals surface area (Å²) in [5, 5.41) is 8.50. The van der Waals surface area contributed by atoms with Crippen molar-refractivity contribution in [1.82, 2.24) is 9.29 Å². The molecule has 0 amide bonds. The lowest BCUT2D eigenvalue weighted by Crippen LogP contribution is -2.34. The summed E-state index contributed by atoms with van der Waals surface area (Å²) in [6, 6.07) is 3.11. The average Bonchev–Trinajstić information content (AvgIpc) is 2.25. The van der Waals surface area contributed by atoms with Gasteiger partial charge in [0.25, 0.3) is 0 Å². The molecule has 0 aliphatic rings. The van der Waals surface area contributed by atoms with Gasteiger partial charge in [0.15, 0.2) is 0 Å². The molecule has 7 nitrogen and oxygen atoms in total. The van der Waals surface area contributed by atoms with Gasteiger partial charge in [-0.2, -0.15) is 12.7 Å². The minimum Gasteiger partial charge on any atom is -0.481 e. The molecule has 0 aliphatic carbocycles. The van der Waals surface area contributed by atoms with Crippen LogP contribution in [0.5, 0.6) is 0 Å². The summed E-state index contributed by atoms with van der Waals surface area (Å²) in [5.41, 5.74) is 1.08. The van der Waals surface area contributed by atoms with E-state index in [2.05, 4.69) is 9.71 Å². The molecule has 8 heteroatoms. The van der Waals surface area contributed by atoms with Crippen molar-refractivity contribution in [3.8, 4) is 0 Å². The molecule has 2 N–H and O–H groups in total. The van der Waals surface area contributed by atoms with E-state index in [9.17, 15) is 13.2 Å². The Bertz CT molecular complexity index is 530. The topological polar surface area (TPSA) is 99.6 Å². The first kappa shape index (κ1) is 14.4. The smallest absolute Gasteiger partial charge is 0.304 e. The summed E-state index contributed by atoms with van der Waals surface area (Å²) in [6.07, 6.45) is 1.25. The van der Waals surface area contributed by atoms with E-state index >= 15 is 0 Å². The predicted molar refractivity (Wildman–Crippen MR) is 66.4 cm³/mol. The van der Waals surface area contributed by atoms with Gasteiger partial charge in [-0.15, -0.1) is 0 Å². The van der Waals surface area contributed by atoms with E-state index in [1.165, 1.54) is 19.3 Å². The number of hydrogen-bond donors (Lipinski definition) is 2. The maximum absolute atomic E-state index is 11.8. The van der Waals surface area contributed by atoms with Gasteiger partial charge in [0.1, 0.15) is 0 Å². The van der Waals surface area contributed by atoms with Crippen molar-refractivity contribution in [2.75, 3.05) is 18.3 Å². The largest absolute Gasteiger partial charge is 0.481 e. The Labute approximate surface area is 106 Å². The maximum atomic E-state index is 11.8. The van der Waals surface area contributed by atoms with Gasteiger partial charge < -0.3 is 5.11 Å². The Hall–Kier alpha value is -1.67. The fraction of sp³-hybridized carbons (Fsp3) is 0.400. The van der Waals surface area contributed by atoms with Gasteiger partial charge in [0.05, 0.1) is 12.1 Å². The van der Waals surface area contributed by atoms with Gasteiger partial charge >= 0.3 is 16.2 Å². The number of carbonyl (C=O) groups is 1. The molecule has 0 atom stereocenters. The lowest BCUT2D eigenvalue weighted by atomic mass is 10.3. The van der Waals surface area contributed by atoms with Gasteiger partial charge in [0.2, 0.25) is 0 Å². The van der Waals surface area contributed by atoms with Crippen molar-refractivity contribution in [2.24, 2.45) is 0 Å². The second kappa shape index (κ2) is 5.78. The van der Waals surface area contributed by atoms with Gasteiger partial charge in [-0.25, -0.2) is 0 Å². The molecule has 1 rings (SSSR count). The third-order valence-corrected chi connectivity index (χ3v) is 3.69. The van der Waals surface area contributed by atoms with E-state index in [1.807, 2.05) is 0 Å². The number of anilines is 1. The first-order valence-electron chi connectivity index (χ1n) is 5.20. The molecule has 1 aromatic rings. The molecule has 1 aromatic heterocycles. The Kier molecular flexibility index (Phi) is 4.62. The van der Waals surface area contributed by atoms with Crippen molar-refractivity contribution < 1.29 is 18.3 Å². The van der Waals surface area contributed by atoms with Crippen molar-refractivity contribution in [3.05, 3.63) is 24.0 Å². The molecule has 0 bridgehead atoms. The zero-order chi connectivity index (χ0) is 13.8. The summed E-state index contributed by atoms with van der Waals surface area (Å²) < 4.78 is 27.0. The van der Waals surface area contributed by atoms with Crippen LogP contribution in [-0.2, 0) is 15.0 Å². The molecule has 0 fully saturated rings. The van der Waals surface area contributed by atoms with Gasteiger partial charge in [0, 0.05) is 25.5 Å². The SMILES string of the molecule is Cc1cc(NS(=O)(=O)N(C)CCC(=O)O)ccn1. The van der Waals surface area contributed by atoms with Crippen LogP contribution in [0.2, 0.25) is 0 Å². The highest BCUT2D eigenvalue weighted by atomic mass is 32.2. The number of aliphatic carboxylic acids is 1. The molecule has 1 heterocycles. The molecular formula is C10H15N3O4S. The molecule has 0 radical (unpaired) electrons. The highest BCUT2D eigenvalue weighted by Gasteiger charge is 2.18. The molecule has 0 aromatic carbocycles. The lowest BCUT2D eigenvalue weighted by Gasteiger charge is -2.17. The normalized spacial score (nSPS) is 11.5. The van der Waals surface area contributed by atoms with Crippen molar-refractivity contribution in [3.63, 3.8) is 0 Å². The second-order valence-electron chi connectivity index (χ2n) is 3.76. The first-order valence-corrected chi connectivity index (χ1v) is 6.64. The predicted octanol–water partition coefficient (Wildman–Crippen LogP) is 0.453. The monoisotopic (exact) mass is 273 g/mol. The van der Waals surface area contributed by atoms with Crippen molar-refractivity contribution >= 4 is 21.9 Å². The fourth-order valence-electron chi connectivity index (χ4n) is 1.21. The standard InChI is InChI=1S/C10H15N3O4S/c1-8-7-9(3-5-11-8)12-18(16,17)13(2)6-4-10(14)15/h3,5,7H,4,6H2,1-2H3,(H,11,12)(H,14,15). The van der Waals surface area contributed by atoms with Crippen LogP contribution in [0.1, 0.15) is 12.1 Å². The average molecular weight is 273 g/mol. The third-order valence-electron chi connectivity index (χ3n) is 2.19. The van der Waals surface area contributed by atoms with Crippen LogP contribution in [0.3, 0.4) is 0 Å². The van der Waals surface area contributed by atoms with E-state index in [1.54, 1.807) is 13.0 Å². The molecule has 100 valence electrons. The van der Waals surface area contributed by atoms with Crippen LogP contribution in [0.25, 0.3) is 0 Å². The quantitative estimate of drug-likeness (QED) is 0.784. The second-order valence-corrected chi connectivity index (χ2v) is 5.54. The van der Waals surface area contributed by atoms with Crippen LogP contribution >= 0.6 is 0 Å². The molecule has 18 heavy (non-hydrogen) atoms. The van der Waals surface area contributed by atoms with Crippen molar-refractivity contribution in [2.45, 2.75) is 13.3 Å². The van der Waals surface area contributed by atoms with Crippen LogP contribution in [0.15, 0.2) is 18.3 Å². The Balaban J connectivity index is 2.72. The molecule has 0 saturated heterocycles. The number of hydrogen-bond acceptors (Lipinski definition) is 4. The number of nitrogens with one attached hydrogen (secondary N) is 1. The van der Waals surface area contributed by atoms with E-state index in [4.69, 9.17) is 5.11 Å². The van der Waals surface area contributed by atoms with Gasteiger partial charge in [-0.05, 0) is 19.1 Å². The Morgan fingerprint density at radius 3 is 2.78 bits per heavy atom. The van der Waals surface area contributed by atoms with Crippen LogP contribution in [0.4, 0.5) is 5.69 Å². The lowest BCUT2D eigenvalue weighted by molar-refractivity contribution is -0.137. The summed E-state index contributed by atoms with van der Waals surface area (Å²) in [6.45, 7) is 1.65. The number of rotatable bonds is 6. The summed E-state index contributed by atoms with van der Waals surface area (Å²) in [4.78, 5) is 14.3. The summed E-state index contributed by atoms with van der Waals surface area (Å²) in [7, 11) is -2.41. The maximum Gasteiger partial charge on any atom is 0.304 e. The number of aryl methyl sites for hydroxylation is 1. The molecule has 0 spiro atoms. The number of aromatic nitrogens is 1. The molecule has 0 saturated carbocycles. The van der Waals surface area contributed by atoms with E-state index in [0.717, 1.165) is 4.31 Å². The zero-order valence-electron chi connectivity index (χ0n) is 10.1. The van der Waals surface area contributed by atoms with Gasteiger partial charge in [-0.3, -0.25) is 14.5 Å². The van der Waals surface area contributed by atoms with E-state index in [-0.39, 0.29) is 13.0 Å². The summed E-state index contributed by atoms with van der Waals surface area (Å²) in [5.74, 6) is -1.04. The molecule has 0 unspecified atom stereocenters. The highest BCUT2D eigenvalue weighted by Crippen LogP contribution is 2.11. The summed E-state index contributed by atoms with van der Waals surface area (Å²) >= 11 is 0. The van der Waals surface area contributed by atoms with Crippen LogP contribution < -0.4 is 4.72 Å². The van der Waals surface area contributed by atoms with Crippen LogP contribution in [-0.4, -0.2) is 42.4 Å². The Morgan fingerprint density at radius 2 is 2.22 bits per heavy atom. The molecular weight excluding hydrogens is 258 g/mol. The van der Waals surface area contributed by atoms with Crippen LogP contribution in [0, 0.1) is 6.92 Å². The Morgan fingerprint density at radius 1 is 1.56 bits per heavy atom. The third kappa shape index (κ3) is 4.30. The number of pyridine rings is 1. The van der Waals surface area contributed by atoms with Gasteiger partial charge in [-0.1, -0.05) is 0 Å². The van der Waals surface area contributed by atoms with E-state index < -0.39 is 16.2 Å². The number of nitrogens with zero attached hydrogens (tertiary/aromatic N) is 2. The fourth-order valence-corrected chi connectivity index (χ4v) is 2.12. The number of carboxylic acid groups (broad SMARTS) is 1. The minimum atomic E-state index is -3.73. The van der Waals surface area contributed by atoms with Crippen molar-refractivity contribution in [1.29, 1.82) is 0 Å². The van der Waals surface area contributed by atoms with E-state index in [0.29, 0.717) is 11.4 Å². The highest BCUT2D eigenvalue weighted by molar-refractivity contribution is 7.90. The minimum absolute atomic E-state index is 0.0886. The zero-order valence-corrected chi connectivity index (χ0v) is 10.9. The molecule has 0 aliphatic heterocycles. The first-order chi connectivity index (χ1) is 8.31. The number of carboxylic acids is 1.